The van der Waals surface area contributed by atoms with E-state index >= 15 is 0 Å². The third-order valence-corrected chi connectivity index (χ3v) is 4.36. The van der Waals surface area contributed by atoms with Crippen LogP contribution in [0.2, 0.25) is 0 Å². The first-order valence-electron chi connectivity index (χ1n) is 7.96. The van der Waals surface area contributed by atoms with E-state index in [4.69, 9.17) is 5.26 Å². The second-order valence-corrected chi connectivity index (χ2v) is 5.92. The lowest BCUT2D eigenvalue weighted by Crippen LogP contribution is -2.10. The Hall–Kier alpha value is -4.05. The number of rotatable bonds is 2. The van der Waals surface area contributed by atoms with Gasteiger partial charge in [0.2, 0.25) is 0 Å². The monoisotopic (exact) mass is 361 g/mol. The van der Waals surface area contributed by atoms with Gasteiger partial charge in [-0.1, -0.05) is 18.2 Å². The van der Waals surface area contributed by atoms with E-state index in [1.165, 1.54) is 18.2 Å². The molecule has 0 saturated carbocycles. The number of hydrogen-bond donors (Lipinski definition) is 3. The minimum Gasteiger partial charge on any atom is -0.507 e. The predicted molar refractivity (Wildman–Crippen MR) is 97.3 cm³/mol. The molecule has 27 heavy (non-hydrogen) atoms. The minimum absolute atomic E-state index is 0.0976. The number of phenolic OH excluding ortho intramolecular Hbond substituents is 1. The van der Waals surface area contributed by atoms with Crippen LogP contribution in [0.25, 0.3) is 27.8 Å². The fourth-order valence-corrected chi connectivity index (χ4v) is 3.09. The Balaban J connectivity index is 1.86. The largest absolute Gasteiger partial charge is 0.507 e. The van der Waals surface area contributed by atoms with Crippen molar-refractivity contribution >= 4 is 11.0 Å². The molecular formula is C20H12FN3O3. The molecule has 3 N–H and O–H groups in total. The van der Waals surface area contributed by atoms with Gasteiger partial charge in [-0.05, 0) is 35.9 Å². The van der Waals surface area contributed by atoms with Crippen LogP contribution >= 0.6 is 0 Å². The molecule has 2 aromatic carbocycles. The van der Waals surface area contributed by atoms with Crippen molar-refractivity contribution in [3.8, 4) is 34.4 Å². The third kappa shape index (κ3) is 2.51. The highest BCUT2D eigenvalue weighted by Gasteiger charge is 2.16. The van der Waals surface area contributed by atoms with Gasteiger partial charge in [0, 0.05) is 11.9 Å². The number of phenols is 1. The van der Waals surface area contributed by atoms with Crippen molar-refractivity contribution in [1.82, 2.24) is 9.55 Å². The summed E-state index contributed by atoms with van der Waals surface area (Å²) < 4.78 is 15.6. The Labute approximate surface area is 152 Å². The van der Waals surface area contributed by atoms with E-state index in [-0.39, 0.29) is 22.4 Å². The van der Waals surface area contributed by atoms with Crippen LogP contribution in [0.3, 0.4) is 0 Å². The molecular weight excluding hydrogens is 349 g/mol. The van der Waals surface area contributed by atoms with Gasteiger partial charge in [0.1, 0.15) is 23.2 Å². The zero-order chi connectivity index (χ0) is 19.1. The molecule has 0 bridgehead atoms. The molecule has 2 aromatic heterocycles. The molecule has 0 saturated heterocycles. The van der Waals surface area contributed by atoms with Gasteiger partial charge >= 0.3 is 0 Å². The van der Waals surface area contributed by atoms with Crippen LogP contribution in [0.4, 0.5) is 4.39 Å². The van der Waals surface area contributed by atoms with Gasteiger partial charge in [-0.15, -0.1) is 0 Å². The van der Waals surface area contributed by atoms with Crippen LogP contribution in [0, 0.1) is 17.1 Å². The normalized spacial score (nSPS) is 10.8. The lowest BCUT2D eigenvalue weighted by Gasteiger charge is -2.10. The number of pyridine rings is 1. The summed E-state index contributed by atoms with van der Waals surface area (Å²) in [4.78, 5) is 14.3. The maximum absolute atomic E-state index is 14.0. The summed E-state index contributed by atoms with van der Waals surface area (Å²) in [6.45, 7) is 0. The molecule has 0 aliphatic carbocycles. The molecule has 132 valence electrons. The van der Waals surface area contributed by atoms with Crippen molar-refractivity contribution in [2.45, 2.75) is 0 Å². The number of aromatic amines is 1. The Morgan fingerprint density at radius 3 is 2.48 bits per heavy atom. The molecule has 0 atom stereocenters. The fraction of sp³-hybridized carbons (Fsp3) is 0. The van der Waals surface area contributed by atoms with Crippen molar-refractivity contribution in [1.29, 1.82) is 5.26 Å². The first kappa shape index (κ1) is 16.4. The zero-order valence-electron chi connectivity index (χ0n) is 13.8. The maximum atomic E-state index is 14.0. The van der Waals surface area contributed by atoms with Crippen LogP contribution in [0.1, 0.15) is 5.56 Å². The van der Waals surface area contributed by atoms with E-state index in [2.05, 4.69) is 4.98 Å². The molecule has 0 aliphatic heterocycles. The summed E-state index contributed by atoms with van der Waals surface area (Å²) in [5, 5.41) is 29.3. The molecule has 4 rings (SSSR count). The Kier molecular flexibility index (Phi) is 3.67. The molecule has 7 heteroatoms. The van der Waals surface area contributed by atoms with Gasteiger partial charge in [-0.25, -0.2) is 4.39 Å². The Morgan fingerprint density at radius 2 is 1.81 bits per heavy atom. The zero-order valence-corrected chi connectivity index (χ0v) is 13.8. The van der Waals surface area contributed by atoms with E-state index in [0.717, 1.165) is 0 Å². The van der Waals surface area contributed by atoms with E-state index in [0.29, 0.717) is 16.8 Å². The highest BCUT2D eigenvalue weighted by atomic mass is 19.1. The van der Waals surface area contributed by atoms with Crippen LogP contribution in [-0.2, 0) is 0 Å². The molecule has 0 radical (unpaired) electrons. The number of fused-ring (bicyclic) bond motifs is 1. The number of benzene rings is 2. The number of nitrogens with one attached hydrogen (secondary N) is 1. The van der Waals surface area contributed by atoms with Gasteiger partial charge in [0.05, 0.1) is 11.1 Å². The minimum atomic E-state index is -0.661. The summed E-state index contributed by atoms with van der Waals surface area (Å²) in [7, 11) is 0. The lowest BCUT2D eigenvalue weighted by molar-refractivity contribution is 0.472. The van der Waals surface area contributed by atoms with Crippen molar-refractivity contribution in [2.75, 3.05) is 0 Å². The van der Waals surface area contributed by atoms with Crippen molar-refractivity contribution in [3.63, 3.8) is 0 Å². The molecule has 0 spiro atoms. The van der Waals surface area contributed by atoms with Crippen LogP contribution in [-0.4, -0.2) is 19.8 Å². The molecule has 6 nitrogen and oxygen atoms in total. The van der Waals surface area contributed by atoms with Gasteiger partial charge in [0.25, 0.3) is 5.56 Å². The first-order valence-corrected chi connectivity index (χ1v) is 7.96. The summed E-state index contributed by atoms with van der Waals surface area (Å²) in [6.07, 6.45) is 1.64. The number of nitrogens with zero attached hydrogens (tertiary/aromatic N) is 2. The van der Waals surface area contributed by atoms with Gasteiger partial charge in [-0.3, -0.25) is 4.79 Å². The Bertz CT molecular complexity index is 1260. The summed E-state index contributed by atoms with van der Waals surface area (Å²) in [5.74, 6) is -1.11. The second kappa shape index (κ2) is 6.04. The average Bonchev–Trinajstić information content (AvgIpc) is 3.06. The smallest absolute Gasteiger partial charge is 0.270 e. The summed E-state index contributed by atoms with van der Waals surface area (Å²) in [5.41, 5.74) is 0.846. The molecule has 0 amide bonds. The molecule has 0 fully saturated rings. The van der Waals surface area contributed by atoms with Crippen LogP contribution < -0.4 is 5.56 Å². The quantitative estimate of drug-likeness (QED) is 0.509. The average molecular weight is 361 g/mol. The third-order valence-electron chi connectivity index (χ3n) is 4.36. The summed E-state index contributed by atoms with van der Waals surface area (Å²) in [6, 6.07) is 14.0. The number of aromatic nitrogens is 2. The highest BCUT2D eigenvalue weighted by Crippen LogP contribution is 2.33. The fourth-order valence-electron chi connectivity index (χ4n) is 3.09. The van der Waals surface area contributed by atoms with Crippen LogP contribution in [0.5, 0.6) is 11.5 Å². The van der Waals surface area contributed by atoms with E-state index in [1.807, 2.05) is 0 Å². The number of nitriles is 1. The second-order valence-electron chi connectivity index (χ2n) is 5.92. The summed E-state index contributed by atoms with van der Waals surface area (Å²) >= 11 is 0. The maximum Gasteiger partial charge on any atom is 0.270 e. The first-order chi connectivity index (χ1) is 13.0. The van der Waals surface area contributed by atoms with Crippen molar-refractivity contribution < 1.29 is 14.6 Å². The van der Waals surface area contributed by atoms with Gasteiger partial charge in [-0.2, -0.15) is 5.26 Å². The molecule has 4 aromatic rings. The molecule has 0 aliphatic rings. The number of hydrogen-bond acceptors (Lipinski definition) is 4. The standard InChI is InChI=1S/C20H12FN3O3/c21-14-2-1-3-16(25)17(14)11-4-6-12(7-5-11)24-9-8-15-18(24)19(26)13(10-22)20(27)23-15/h1-9,25H,(H2,23,26,27). The highest BCUT2D eigenvalue weighted by molar-refractivity contribution is 5.86. The molecule has 2 heterocycles. The van der Waals surface area contributed by atoms with E-state index in [1.54, 1.807) is 47.2 Å². The van der Waals surface area contributed by atoms with Crippen molar-refractivity contribution in [2.24, 2.45) is 0 Å². The predicted octanol–water partition coefficient (Wildman–Crippen LogP) is 3.41. The topological polar surface area (TPSA) is 102 Å². The number of H-pyrrole nitrogens is 1. The number of halogens is 1. The number of aromatic hydroxyl groups is 2. The van der Waals surface area contributed by atoms with E-state index < -0.39 is 17.1 Å². The van der Waals surface area contributed by atoms with Gasteiger partial charge in [0.15, 0.2) is 11.3 Å². The van der Waals surface area contributed by atoms with Gasteiger partial charge < -0.3 is 19.8 Å². The van der Waals surface area contributed by atoms with Crippen LogP contribution in [0.15, 0.2) is 59.5 Å². The van der Waals surface area contributed by atoms with Crippen molar-refractivity contribution in [3.05, 3.63) is 76.5 Å². The molecule has 0 unspecified atom stereocenters. The SMILES string of the molecule is N#Cc1c(O)c2c(ccn2-c2ccc(-c3c(O)cccc3F)cc2)[nH]c1=O. The Morgan fingerprint density at radius 1 is 1.07 bits per heavy atom. The lowest BCUT2D eigenvalue weighted by atomic mass is 10.0. The van der Waals surface area contributed by atoms with E-state index in [9.17, 15) is 19.4 Å².